The van der Waals surface area contributed by atoms with E-state index in [0.29, 0.717) is 84.8 Å². The number of ether oxygens (including phenoxy) is 3. The normalized spacial score (nSPS) is 20.5. The quantitative estimate of drug-likeness (QED) is 0.168. The Morgan fingerprint density at radius 2 is 1.28 bits per heavy atom. The summed E-state index contributed by atoms with van der Waals surface area (Å²) in [4.78, 5) is 12.2. The van der Waals surface area contributed by atoms with Crippen molar-refractivity contribution >= 4 is 25.5 Å². The Morgan fingerprint density at radius 3 is 1.72 bits per heavy atom. The second-order valence-corrected chi connectivity index (χ2v) is 21.2. The number of epoxide rings is 1. The van der Waals surface area contributed by atoms with E-state index in [2.05, 4.69) is 0 Å². The van der Waals surface area contributed by atoms with Crippen LogP contribution in [0.25, 0.3) is 0 Å². The van der Waals surface area contributed by atoms with E-state index in [9.17, 15) is 53.1 Å². The summed E-state index contributed by atoms with van der Waals surface area (Å²) in [5.74, 6) is 0.775. The van der Waals surface area contributed by atoms with Gasteiger partial charge in [0, 0.05) is 60.4 Å². The standard InChI is InChI=1S/C24H28F3NO5S.C16H19F3O4S/c1-22(2,18-12-16(34(3,31)32)11-15-8-10-33-21(15)18)13-23(30,24(25,26)27)14-28-9-7-17-19(28)5-4-6-20(17)29;1-14(2,8-15(9-23-15)16(17,18)19)12-7-11(24(3,20)21)6-10-4-5-22-13(10)12/h7,9,11-12,30H,4-6,8,10,13-14H2,1-3H3;6-7H,4-5,8-9H2,1-3H3. The molecule has 3 aromatic rings. The van der Waals surface area contributed by atoms with Crippen molar-refractivity contribution in [1.82, 2.24) is 4.57 Å². The lowest BCUT2D eigenvalue weighted by Crippen LogP contribution is -2.52. The highest BCUT2D eigenvalue weighted by Gasteiger charge is 2.67. The molecule has 10 nitrogen and oxygen atoms in total. The number of ketones is 1. The zero-order valence-corrected chi connectivity index (χ0v) is 34.6. The van der Waals surface area contributed by atoms with E-state index in [-0.39, 0.29) is 28.6 Å². The van der Waals surface area contributed by atoms with E-state index in [0.717, 1.165) is 18.1 Å². The molecule has 0 amide bonds. The first-order valence-corrected chi connectivity index (χ1v) is 22.5. The SMILES string of the molecule is CC(C)(CC(O)(Cn1ccc2c1CCCC2=O)C(F)(F)F)c1cc(S(C)(=O)=O)cc2c1OCC2.CC(C)(CC1(C(F)(F)F)CO1)c1cc(S(C)(=O)=O)cc2c1OCC2. The fourth-order valence-corrected chi connectivity index (χ4v) is 9.72. The number of carbonyl (C=O) groups excluding carboxylic acids is 1. The fraction of sp³-hybridized carbons (Fsp3) is 0.575. The molecule has 7 rings (SSSR count). The number of Topliss-reactive ketones (excluding diaryl/α,β-unsaturated/α-hetero) is 1. The molecule has 2 unspecified atom stereocenters. The number of nitrogens with zero attached hydrogens (tertiary/aromatic N) is 1. The number of halogens is 6. The third kappa shape index (κ3) is 8.53. The predicted molar refractivity (Wildman–Crippen MR) is 200 cm³/mol. The van der Waals surface area contributed by atoms with Crippen LogP contribution >= 0.6 is 0 Å². The van der Waals surface area contributed by atoms with E-state index < -0.39 is 67.0 Å². The summed E-state index contributed by atoms with van der Waals surface area (Å²) in [7, 11) is -7.08. The Bertz CT molecular complexity index is 2340. The van der Waals surface area contributed by atoms with Crippen molar-refractivity contribution < 1.29 is 67.3 Å². The van der Waals surface area contributed by atoms with Crippen molar-refractivity contribution in [3.8, 4) is 11.5 Å². The molecule has 1 N–H and O–H groups in total. The van der Waals surface area contributed by atoms with Gasteiger partial charge in [-0.1, -0.05) is 27.7 Å². The number of alkyl halides is 6. The minimum absolute atomic E-state index is 0.00775. The highest BCUT2D eigenvalue weighted by atomic mass is 32.2. The maximum absolute atomic E-state index is 14.3. The molecule has 4 aliphatic rings. The lowest BCUT2D eigenvalue weighted by molar-refractivity contribution is -0.271. The lowest BCUT2D eigenvalue weighted by atomic mass is 9.74. The van der Waals surface area contributed by atoms with Gasteiger partial charge in [-0.15, -0.1) is 0 Å². The number of carbonyl (C=O) groups is 1. The van der Waals surface area contributed by atoms with Crippen LogP contribution < -0.4 is 9.47 Å². The first-order valence-electron chi connectivity index (χ1n) is 18.7. The molecule has 3 aliphatic heterocycles. The number of fused-ring (bicyclic) bond motifs is 3. The Hall–Kier alpha value is -3.61. The minimum Gasteiger partial charge on any atom is -0.493 e. The molecular weight excluding hydrogens is 817 g/mol. The summed E-state index contributed by atoms with van der Waals surface area (Å²) in [6.45, 7) is 5.97. The van der Waals surface area contributed by atoms with Crippen LogP contribution in [0.4, 0.5) is 26.3 Å². The van der Waals surface area contributed by atoms with Gasteiger partial charge in [0.2, 0.25) is 0 Å². The van der Waals surface area contributed by atoms with Gasteiger partial charge in [0.05, 0.1) is 36.2 Å². The van der Waals surface area contributed by atoms with Crippen LogP contribution in [0, 0.1) is 0 Å². The molecule has 1 saturated heterocycles. The second-order valence-electron chi connectivity index (χ2n) is 17.2. The summed E-state index contributed by atoms with van der Waals surface area (Å²) in [5, 5.41) is 11.1. The molecule has 4 heterocycles. The van der Waals surface area contributed by atoms with E-state index in [1.165, 1.54) is 35.0 Å². The number of hydrogen-bond donors (Lipinski definition) is 1. The summed E-state index contributed by atoms with van der Waals surface area (Å²) in [6, 6.07) is 7.34. The van der Waals surface area contributed by atoms with Gasteiger partial charge in [-0.3, -0.25) is 4.79 Å². The molecule has 18 heteroatoms. The number of sulfone groups is 2. The Morgan fingerprint density at radius 1 is 0.776 bits per heavy atom. The van der Waals surface area contributed by atoms with Crippen LogP contribution in [0.5, 0.6) is 11.5 Å². The molecule has 0 bridgehead atoms. The maximum atomic E-state index is 14.3. The molecule has 0 spiro atoms. The minimum atomic E-state index is -4.97. The molecule has 2 atom stereocenters. The summed E-state index contributed by atoms with van der Waals surface area (Å²) in [6.07, 6.45) is -4.53. The largest absolute Gasteiger partial charge is 0.493 e. The highest BCUT2D eigenvalue weighted by Crippen LogP contribution is 2.53. The number of hydrogen-bond acceptors (Lipinski definition) is 9. The number of aromatic nitrogens is 1. The zero-order chi connectivity index (χ0) is 43.1. The lowest BCUT2D eigenvalue weighted by Gasteiger charge is -2.39. The first-order chi connectivity index (χ1) is 26.5. The topological polar surface area (TPSA) is 142 Å². The van der Waals surface area contributed by atoms with E-state index in [4.69, 9.17) is 14.2 Å². The van der Waals surface area contributed by atoms with Gasteiger partial charge in [-0.25, -0.2) is 16.8 Å². The average molecular weight is 864 g/mol. The van der Waals surface area contributed by atoms with Crippen molar-refractivity contribution in [2.45, 2.75) is 123 Å². The number of aliphatic hydroxyl groups is 1. The first kappa shape index (κ1) is 44.0. The molecule has 1 fully saturated rings. The zero-order valence-electron chi connectivity index (χ0n) is 33.0. The molecule has 0 radical (unpaired) electrons. The third-order valence-corrected chi connectivity index (χ3v) is 13.6. The summed E-state index contributed by atoms with van der Waals surface area (Å²) in [5.41, 5.74) is -4.48. The molecule has 1 aromatic heterocycles. The molecule has 1 aliphatic carbocycles. The molecule has 0 saturated carbocycles. The van der Waals surface area contributed by atoms with Crippen LogP contribution in [0.1, 0.15) is 91.7 Å². The fourth-order valence-electron chi connectivity index (χ4n) is 8.34. The van der Waals surface area contributed by atoms with Crippen molar-refractivity contribution in [2.75, 3.05) is 32.3 Å². The van der Waals surface area contributed by atoms with Crippen molar-refractivity contribution in [2.24, 2.45) is 0 Å². The van der Waals surface area contributed by atoms with Crippen molar-refractivity contribution in [1.29, 1.82) is 0 Å². The van der Waals surface area contributed by atoms with E-state index in [1.807, 2.05) is 0 Å². The highest BCUT2D eigenvalue weighted by molar-refractivity contribution is 7.91. The van der Waals surface area contributed by atoms with E-state index >= 15 is 0 Å². The van der Waals surface area contributed by atoms with Crippen molar-refractivity contribution in [3.63, 3.8) is 0 Å². The van der Waals surface area contributed by atoms with Gasteiger partial charge in [-0.2, -0.15) is 26.3 Å². The average Bonchev–Trinajstić information content (AvgIpc) is 3.40. The van der Waals surface area contributed by atoms with Gasteiger partial charge < -0.3 is 23.9 Å². The number of rotatable bonds is 10. The van der Waals surface area contributed by atoms with Crippen LogP contribution in [0.3, 0.4) is 0 Å². The van der Waals surface area contributed by atoms with Gasteiger partial charge in [0.15, 0.2) is 36.7 Å². The summed E-state index contributed by atoms with van der Waals surface area (Å²) < 4.78 is 148. The second kappa shape index (κ2) is 14.5. The Balaban J connectivity index is 0.000000208. The van der Waals surface area contributed by atoms with Crippen LogP contribution in [0.15, 0.2) is 46.3 Å². The predicted octanol–water partition coefficient (Wildman–Crippen LogP) is 7.03. The smallest absolute Gasteiger partial charge is 0.419 e. The Kier molecular flexibility index (Phi) is 11.0. The summed E-state index contributed by atoms with van der Waals surface area (Å²) >= 11 is 0. The van der Waals surface area contributed by atoms with Gasteiger partial charge in [0.25, 0.3) is 0 Å². The van der Waals surface area contributed by atoms with Crippen LogP contribution in [-0.2, 0) is 61.0 Å². The van der Waals surface area contributed by atoms with Crippen molar-refractivity contribution in [3.05, 3.63) is 70.0 Å². The van der Waals surface area contributed by atoms with Gasteiger partial charge >= 0.3 is 12.4 Å². The van der Waals surface area contributed by atoms with Gasteiger partial charge in [0.1, 0.15) is 11.5 Å². The maximum Gasteiger partial charge on any atom is 0.419 e. The van der Waals surface area contributed by atoms with Gasteiger partial charge in [-0.05, 0) is 78.0 Å². The molecule has 2 aromatic carbocycles. The number of benzene rings is 2. The van der Waals surface area contributed by atoms with E-state index in [1.54, 1.807) is 33.8 Å². The van der Waals surface area contributed by atoms with Crippen LogP contribution in [0.2, 0.25) is 0 Å². The molecular formula is C40H47F6NO9S2. The third-order valence-electron chi connectivity index (χ3n) is 11.5. The Labute approximate surface area is 333 Å². The monoisotopic (exact) mass is 863 g/mol. The molecule has 320 valence electrons. The molecule has 58 heavy (non-hydrogen) atoms. The van der Waals surface area contributed by atoms with Crippen LogP contribution in [-0.4, -0.2) is 88.2 Å².